The van der Waals surface area contributed by atoms with Crippen molar-refractivity contribution in [3.8, 4) is 6.07 Å². The predicted octanol–water partition coefficient (Wildman–Crippen LogP) is 5.12. The topological polar surface area (TPSA) is 77.0 Å². The van der Waals surface area contributed by atoms with Crippen LogP contribution in [0.1, 0.15) is 55.6 Å². The largest absolute Gasteiger partial charge is 0.494 e. The molecule has 27 heavy (non-hydrogen) atoms. The number of allylic oxidation sites excluding steroid dienone is 1. The fraction of sp³-hybridized carbons (Fsp3) is 0.364. The number of nitrogens with zero attached hydrogens (tertiary/aromatic N) is 2. The zero-order valence-corrected chi connectivity index (χ0v) is 15.8. The molecule has 0 unspecified atom stereocenters. The molecular formula is C22H26N4O. The molecule has 0 aromatic carbocycles. The molecule has 3 heterocycles. The lowest BCUT2D eigenvalue weighted by molar-refractivity contribution is 0.303. The quantitative estimate of drug-likeness (QED) is 0.575. The molecule has 5 nitrogen and oxygen atoms in total. The second-order valence-corrected chi connectivity index (χ2v) is 6.69. The molecule has 5 heteroatoms. The van der Waals surface area contributed by atoms with Crippen LogP contribution in [-0.4, -0.2) is 22.8 Å². The van der Waals surface area contributed by atoms with Crippen molar-refractivity contribution in [1.82, 2.24) is 9.97 Å². The van der Waals surface area contributed by atoms with Gasteiger partial charge in [-0.2, -0.15) is 5.26 Å². The Morgan fingerprint density at radius 1 is 1.15 bits per heavy atom. The highest BCUT2D eigenvalue weighted by Crippen LogP contribution is 2.24. The monoisotopic (exact) mass is 362 g/mol. The molecule has 0 amide bonds. The Morgan fingerprint density at radius 2 is 2.00 bits per heavy atom. The molecule has 0 bridgehead atoms. The number of hydrogen-bond acceptors (Lipinski definition) is 3. The van der Waals surface area contributed by atoms with Crippen LogP contribution < -0.4 is 0 Å². The van der Waals surface area contributed by atoms with E-state index in [1.807, 2.05) is 30.5 Å². The summed E-state index contributed by atoms with van der Waals surface area (Å²) in [5.74, 6) is 0.771. The SMILES string of the molecule is COC1=CC(c2ccc[nH]2)=N/C1=C\c1ccc(CCCCCCCC#N)[nH]1. The van der Waals surface area contributed by atoms with Gasteiger partial charge in [0.1, 0.15) is 11.5 Å². The molecule has 0 saturated heterocycles. The Balaban J connectivity index is 1.55. The van der Waals surface area contributed by atoms with Gasteiger partial charge in [0.25, 0.3) is 0 Å². The Bertz CT molecular complexity index is 863. The number of aliphatic imine (C=N–C) groups is 1. The zero-order chi connectivity index (χ0) is 18.9. The Hall–Kier alpha value is -3.00. The number of hydrogen-bond donors (Lipinski definition) is 2. The van der Waals surface area contributed by atoms with E-state index in [2.05, 4.69) is 33.2 Å². The van der Waals surface area contributed by atoms with Crippen LogP contribution in [0.2, 0.25) is 0 Å². The number of ether oxygens (including phenoxy) is 1. The minimum absolute atomic E-state index is 0.681. The van der Waals surface area contributed by atoms with Crippen molar-refractivity contribution in [2.75, 3.05) is 7.11 Å². The van der Waals surface area contributed by atoms with Crippen molar-refractivity contribution in [2.45, 2.75) is 44.9 Å². The number of aromatic amines is 2. The van der Waals surface area contributed by atoms with Gasteiger partial charge in [-0.3, -0.25) is 0 Å². The number of aromatic nitrogens is 2. The van der Waals surface area contributed by atoms with E-state index in [0.29, 0.717) is 6.42 Å². The van der Waals surface area contributed by atoms with Crippen molar-refractivity contribution >= 4 is 11.8 Å². The van der Waals surface area contributed by atoms with Crippen LogP contribution in [0.5, 0.6) is 0 Å². The highest BCUT2D eigenvalue weighted by Gasteiger charge is 2.17. The Labute approximate surface area is 160 Å². The fourth-order valence-electron chi connectivity index (χ4n) is 3.20. The van der Waals surface area contributed by atoms with Gasteiger partial charge >= 0.3 is 0 Å². The number of aryl methyl sites for hydroxylation is 1. The summed E-state index contributed by atoms with van der Waals surface area (Å²) in [4.78, 5) is 11.3. The lowest BCUT2D eigenvalue weighted by Crippen LogP contribution is -1.93. The molecule has 0 atom stereocenters. The van der Waals surface area contributed by atoms with E-state index in [-0.39, 0.29) is 0 Å². The third-order valence-corrected chi connectivity index (χ3v) is 4.65. The molecule has 0 saturated carbocycles. The summed E-state index contributed by atoms with van der Waals surface area (Å²) in [6.45, 7) is 0. The molecule has 2 aromatic heterocycles. The number of methoxy groups -OCH3 is 1. The number of nitriles is 1. The minimum atomic E-state index is 0.681. The number of H-pyrrole nitrogens is 2. The van der Waals surface area contributed by atoms with Crippen LogP contribution in [0.25, 0.3) is 6.08 Å². The summed E-state index contributed by atoms with van der Waals surface area (Å²) in [6.07, 6.45) is 13.4. The molecule has 0 aliphatic carbocycles. The molecule has 140 valence electrons. The maximum Gasteiger partial charge on any atom is 0.146 e. The van der Waals surface area contributed by atoms with Crippen LogP contribution in [-0.2, 0) is 11.2 Å². The third kappa shape index (κ3) is 5.24. The first-order valence-electron chi connectivity index (χ1n) is 9.55. The lowest BCUT2D eigenvalue weighted by Gasteiger charge is -2.01. The molecule has 2 N–H and O–H groups in total. The van der Waals surface area contributed by atoms with Gasteiger partial charge in [-0.15, -0.1) is 0 Å². The van der Waals surface area contributed by atoms with Crippen LogP contribution in [0.15, 0.2) is 53.0 Å². The molecule has 0 radical (unpaired) electrons. The average molecular weight is 362 g/mol. The van der Waals surface area contributed by atoms with E-state index in [9.17, 15) is 0 Å². The Morgan fingerprint density at radius 3 is 2.78 bits per heavy atom. The second-order valence-electron chi connectivity index (χ2n) is 6.69. The first-order chi connectivity index (χ1) is 13.3. The van der Waals surface area contributed by atoms with Crippen molar-refractivity contribution < 1.29 is 4.74 Å². The molecule has 1 aliphatic rings. The van der Waals surface area contributed by atoms with E-state index in [4.69, 9.17) is 10.00 Å². The van der Waals surface area contributed by atoms with E-state index in [1.54, 1.807) is 7.11 Å². The van der Waals surface area contributed by atoms with Crippen LogP contribution in [0.3, 0.4) is 0 Å². The molecule has 1 aliphatic heterocycles. The number of rotatable bonds is 10. The van der Waals surface area contributed by atoms with E-state index < -0.39 is 0 Å². The highest BCUT2D eigenvalue weighted by molar-refractivity contribution is 6.11. The summed E-state index contributed by atoms with van der Waals surface area (Å²) in [6, 6.07) is 10.4. The van der Waals surface area contributed by atoms with E-state index in [0.717, 1.165) is 47.8 Å². The molecule has 0 spiro atoms. The van der Waals surface area contributed by atoms with Gasteiger partial charge in [-0.25, -0.2) is 4.99 Å². The third-order valence-electron chi connectivity index (χ3n) is 4.65. The maximum absolute atomic E-state index is 8.54. The molecule has 2 aromatic rings. The van der Waals surface area contributed by atoms with Gasteiger partial charge < -0.3 is 14.7 Å². The summed E-state index contributed by atoms with van der Waals surface area (Å²) in [5, 5.41) is 8.54. The van der Waals surface area contributed by atoms with Crippen LogP contribution >= 0.6 is 0 Å². The normalized spacial score (nSPS) is 14.9. The first kappa shape index (κ1) is 18.8. The van der Waals surface area contributed by atoms with E-state index in [1.165, 1.54) is 25.0 Å². The second kappa shape index (κ2) is 9.63. The van der Waals surface area contributed by atoms with Gasteiger partial charge in [0.05, 0.1) is 24.6 Å². The van der Waals surface area contributed by atoms with Crippen molar-refractivity contribution in [1.29, 1.82) is 5.26 Å². The van der Waals surface area contributed by atoms with Gasteiger partial charge in [-0.05, 0) is 49.6 Å². The van der Waals surface area contributed by atoms with Gasteiger partial charge in [0, 0.05) is 30.1 Å². The average Bonchev–Trinajstić information content (AvgIpc) is 3.42. The zero-order valence-electron chi connectivity index (χ0n) is 15.8. The van der Waals surface area contributed by atoms with Crippen molar-refractivity contribution in [3.63, 3.8) is 0 Å². The van der Waals surface area contributed by atoms with Crippen molar-refractivity contribution in [2.24, 2.45) is 4.99 Å². The summed E-state index contributed by atoms with van der Waals surface area (Å²) in [5.41, 5.74) is 4.97. The maximum atomic E-state index is 8.54. The lowest BCUT2D eigenvalue weighted by atomic mass is 10.1. The highest BCUT2D eigenvalue weighted by atomic mass is 16.5. The van der Waals surface area contributed by atoms with Gasteiger partial charge in [0.2, 0.25) is 0 Å². The minimum Gasteiger partial charge on any atom is -0.494 e. The molecule has 0 fully saturated rings. The van der Waals surface area contributed by atoms with Gasteiger partial charge in [-0.1, -0.05) is 19.3 Å². The fourth-order valence-corrected chi connectivity index (χ4v) is 3.20. The standard InChI is InChI=1S/C22H26N4O/c1-27-22-16-20(19-10-8-14-24-19)26-21(22)15-18-12-11-17(25-18)9-6-4-2-3-5-7-13-23/h8,10-12,14-16,24-25H,2-7,9H2,1H3/b21-15-. The Kier molecular flexibility index (Phi) is 6.70. The predicted molar refractivity (Wildman–Crippen MR) is 108 cm³/mol. The van der Waals surface area contributed by atoms with Crippen molar-refractivity contribution in [3.05, 3.63) is 65.1 Å². The first-order valence-corrected chi connectivity index (χ1v) is 9.55. The van der Waals surface area contributed by atoms with E-state index >= 15 is 0 Å². The molecule has 3 rings (SSSR count). The molecular weight excluding hydrogens is 336 g/mol. The van der Waals surface area contributed by atoms with Crippen LogP contribution in [0.4, 0.5) is 0 Å². The summed E-state index contributed by atoms with van der Waals surface area (Å²) >= 11 is 0. The van der Waals surface area contributed by atoms with Crippen LogP contribution in [0, 0.1) is 11.3 Å². The smallest absolute Gasteiger partial charge is 0.146 e. The van der Waals surface area contributed by atoms with Gasteiger partial charge in [0.15, 0.2) is 0 Å². The number of unbranched alkanes of at least 4 members (excludes halogenated alkanes) is 5. The summed E-state index contributed by atoms with van der Waals surface area (Å²) in [7, 11) is 1.67. The number of nitrogens with one attached hydrogen (secondary N) is 2. The summed E-state index contributed by atoms with van der Waals surface area (Å²) < 4.78 is 5.48.